The fraction of sp³-hybridized carbons (Fsp3) is 0.0333. The maximum absolute atomic E-state index is 13.7. The number of nitro groups is 1. The van der Waals surface area contributed by atoms with Crippen LogP contribution in [0.1, 0.15) is 51.8 Å². The number of hydrogen-bond donors (Lipinski definition) is 0. The highest BCUT2D eigenvalue weighted by atomic mass is 35.5. The lowest BCUT2D eigenvalue weighted by Crippen LogP contribution is -2.51. The van der Waals surface area contributed by atoms with E-state index in [1.54, 1.807) is 30.3 Å². The molecule has 0 saturated carbocycles. The summed E-state index contributed by atoms with van der Waals surface area (Å²) >= 11 is 12.2. The van der Waals surface area contributed by atoms with Crippen LogP contribution in [0.3, 0.4) is 0 Å². The van der Waals surface area contributed by atoms with E-state index in [0.717, 1.165) is 6.07 Å². The van der Waals surface area contributed by atoms with Gasteiger partial charge in [-0.05, 0) is 60.7 Å². The van der Waals surface area contributed by atoms with Crippen molar-refractivity contribution in [1.29, 1.82) is 0 Å². The molecule has 1 aliphatic rings. The smallest absolute Gasteiger partial charge is 0.343 e. The average molecular weight is 618 g/mol. The van der Waals surface area contributed by atoms with Crippen molar-refractivity contribution in [2.75, 3.05) is 6.54 Å². The van der Waals surface area contributed by atoms with Crippen LogP contribution in [0.4, 0.5) is 5.69 Å². The molecule has 0 bridgehead atoms. The Morgan fingerprint density at radius 3 is 2.19 bits per heavy atom. The summed E-state index contributed by atoms with van der Waals surface area (Å²) in [5, 5.41) is 12.6. The standard InChI is InChI=1S/C30H17Cl2N3O8/c31-19-11-14-21(23(32)15-19)27(37)33(34-28(38)22-7-4-8-24(35(41)42)26(22)29(34)39)16-25(36)17-9-12-20(13-10-17)43-30(40)18-5-2-1-3-6-18/h1-15H,16H2. The number of ether oxygens (including phenoxy) is 1. The molecule has 1 heterocycles. The van der Waals surface area contributed by atoms with Crippen molar-refractivity contribution in [2.45, 2.75) is 0 Å². The van der Waals surface area contributed by atoms with E-state index in [1.807, 2.05) is 0 Å². The highest BCUT2D eigenvalue weighted by molar-refractivity contribution is 6.37. The molecule has 0 aliphatic carbocycles. The van der Waals surface area contributed by atoms with Crippen molar-refractivity contribution in [1.82, 2.24) is 10.0 Å². The minimum absolute atomic E-state index is 0.0436. The summed E-state index contributed by atoms with van der Waals surface area (Å²) in [6, 6.07) is 21.0. The number of benzene rings is 4. The van der Waals surface area contributed by atoms with Gasteiger partial charge in [-0.2, -0.15) is 5.01 Å². The summed E-state index contributed by atoms with van der Waals surface area (Å²) in [5.41, 5.74) is -1.29. The largest absolute Gasteiger partial charge is 0.423 e. The summed E-state index contributed by atoms with van der Waals surface area (Å²) in [6.07, 6.45) is 0. The van der Waals surface area contributed by atoms with Crippen molar-refractivity contribution in [3.05, 3.63) is 139 Å². The SMILES string of the molecule is O=C(CN(C(=O)c1ccc(Cl)cc1Cl)N1C(=O)c2cccc([N+](=O)[O-])c2C1=O)c1ccc(OC(=O)c2ccccc2)cc1. The van der Waals surface area contributed by atoms with Gasteiger partial charge in [0.2, 0.25) is 0 Å². The van der Waals surface area contributed by atoms with Gasteiger partial charge in [-0.25, -0.2) is 9.80 Å². The van der Waals surface area contributed by atoms with Gasteiger partial charge in [0.25, 0.3) is 23.4 Å². The number of esters is 1. The Kier molecular flexibility index (Phi) is 8.02. The molecule has 4 aromatic carbocycles. The van der Waals surface area contributed by atoms with E-state index in [0.29, 0.717) is 15.6 Å². The molecule has 0 aromatic heterocycles. The third kappa shape index (κ3) is 5.71. The highest BCUT2D eigenvalue weighted by Gasteiger charge is 2.46. The first-order chi connectivity index (χ1) is 20.6. The minimum Gasteiger partial charge on any atom is -0.423 e. The summed E-state index contributed by atoms with van der Waals surface area (Å²) in [5.74, 6) is -4.42. The predicted molar refractivity (Wildman–Crippen MR) is 153 cm³/mol. The van der Waals surface area contributed by atoms with Gasteiger partial charge in [0.15, 0.2) is 5.78 Å². The molecule has 11 nitrogen and oxygen atoms in total. The zero-order valence-electron chi connectivity index (χ0n) is 21.7. The number of nitrogens with zero attached hydrogens (tertiary/aromatic N) is 3. The van der Waals surface area contributed by atoms with E-state index >= 15 is 0 Å². The van der Waals surface area contributed by atoms with E-state index in [2.05, 4.69) is 0 Å². The van der Waals surface area contributed by atoms with E-state index in [-0.39, 0.29) is 32.5 Å². The molecule has 5 rings (SSSR count). The number of Topliss-reactive ketones (excluding diaryl/α,β-unsaturated/α-hetero) is 1. The number of ketones is 1. The average Bonchev–Trinajstić information content (AvgIpc) is 3.25. The summed E-state index contributed by atoms with van der Waals surface area (Å²) in [4.78, 5) is 77.0. The molecule has 4 aromatic rings. The van der Waals surface area contributed by atoms with E-state index in [9.17, 15) is 34.1 Å². The lowest BCUT2D eigenvalue weighted by atomic mass is 10.1. The number of rotatable bonds is 8. The zero-order valence-corrected chi connectivity index (χ0v) is 23.2. The molecule has 1 aliphatic heterocycles. The molecule has 214 valence electrons. The maximum Gasteiger partial charge on any atom is 0.343 e. The fourth-order valence-electron chi connectivity index (χ4n) is 4.34. The van der Waals surface area contributed by atoms with Crippen LogP contribution < -0.4 is 4.74 Å². The number of imide groups is 1. The van der Waals surface area contributed by atoms with Crippen LogP contribution in [-0.4, -0.2) is 51.0 Å². The van der Waals surface area contributed by atoms with Gasteiger partial charge in [-0.1, -0.05) is 47.5 Å². The van der Waals surface area contributed by atoms with Crippen LogP contribution in [0.2, 0.25) is 10.0 Å². The molecule has 0 saturated heterocycles. The van der Waals surface area contributed by atoms with Crippen LogP contribution in [0.15, 0.2) is 91.0 Å². The Bertz CT molecular complexity index is 1830. The first-order valence-corrected chi connectivity index (χ1v) is 13.2. The van der Waals surface area contributed by atoms with Crippen LogP contribution in [-0.2, 0) is 0 Å². The van der Waals surface area contributed by atoms with Crippen LogP contribution in [0, 0.1) is 10.1 Å². The quantitative estimate of drug-likeness (QED) is 0.0615. The van der Waals surface area contributed by atoms with E-state index in [4.69, 9.17) is 27.9 Å². The van der Waals surface area contributed by atoms with Crippen LogP contribution in [0.25, 0.3) is 0 Å². The van der Waals surface area contributed by atoms with E-state index in [1.165, 1.54) is 54.6 Å². The second-order valence-electron chi connectivity index (χ2n) is 9.07. The fourth-order valence-corrected chi connectivity index (χ4v) is 4.83. The minimum atomic E-state index is -1.17. The van der Waals surface area contributed by atoms with Gasteiger partial charge in [-0.15, -0.1) is 0 Å². The molecule has 0 unspecified atom stereocenters. The van der Waals surface area contributed by atoms with Gasteiger partial charge >= 0.3 is 5.97 Å². The summed E-state index contributed by atoms with van der Waals surface area (Å²) in [7, 11) is 0. The second-order valence-corrected chi connectivity index (χ2v) is 9.91. The Morgan fingerprint density at radius 2 is 1.53 bits per heavy atom. The lowest BCUT2D eigenvalue weighted by Gasteiger charge is -2.29. The van der Waals surface area contributed by atoms with Crippen molar-refractivity contribution >= 4 is 58.4 Å². The van der Waals surface area contributed by atoms with Crippen molar-refractivity contribution in [3.8, 4) is 5.75 Å². The van der Waals surface area contributed by atoms with Gasteiger partial charge < -0.3 is 4.74 Å². The molecule has 0 atom stereocenters. The number of carbonyl (C=O) groups excluding carboxylic acids is 5. The number of fused-ring (bicyclic) bond motifs is 1. The van der Waals surface area contributed by atoms with Gasteiger partial charge in [-0.3, -0.25) is 29.3 Å². The molecule has 0 N–H and O–H groups in total. The third-order valence-electron chi connectivity index (χ3n) is 6.40. The number of carbonyl (C=O) groups is 5. The molecule has 0 fully saturated rings. The highest BCUT2D eigenvalue weighted by Crippen LogP contribution is 2.33. The molecule has 0 radical (unpaired) electrons. The number of halogens is 2. The summed E-state index contributed by atoms with van der Waals surface area (Å²) < 4.78 is 5.32. The molecule has 43 heavy (non-hydrogen) atoms. The van der Waals surface area contributed by atoms with Crippen molar-refractivity contribution in [2.24, 2.45) is 0 Å². The monoisotopic (exact) mass is 617 g/mol. The maximum atomic E-state index is 13.7. The van der Waals surface area contributed by atoms with Gasteiger partial charge in [0.05, 0.1) is 26.6 Å². The van der Waals surface area contributed by atoms with E-state index < -0.39 is 52.2 Å². The number of hydrazine groups is 1. The van der Waals surface area contributed by atoms with Crippen molar-refractivity contribution < 1.29 is 33.6 Å². The van der Waals surface area contributed by atoms with Crippen molar-refractivity contribution in [3.63, 3.8) is 0 Å². The molecular weight excluding hydrogens is 601 g/mol. The number of amides is 3. The molecule has 3 amide bonds. The Labute approximate surface area is 252 Å². The molecule has 0 spiro atoms. The molecular formula is C30H17Cl2N3O8. The first kappa shape index (κ1) is 29.1. The van der Waals surface area contributed by atoms with Gasteiger partial charge in [0, 0.05) is 16.7 Å². The predicted octanol–water partition coefficient (Wildman–Crippen LogP) is 5.66. The topological polar surface area (TPSA) is 144 Å². The molecule has 13 heteroatoms. The third-order valence-corrected chi connectivity index (χ3v) is 6.94. The summed E-state index contributed by atoms with van der Waals surface area (Å²) in [6.45, 7) is -0.833. The number of nitro benzene ring substituents is 1. The second kappa shape index (κ2) is 11.8. The Balaban J connectivity index is 1.46. The van der Waals surface area contributed by atoms with Gasteiger partial charge in [0.1, 0.15) is 17.9 Å². The Morgan fingerprint density at radius 1 is 0.837 bits per heavy atom. The first-order valence-electron chi connectivity index (χ1n) is 12.4. The lowest BCUT2D eigenvalue weighted by molar-refractivity contribution is -0.385. The van der Waals surface area contributed by atoms with Crippen LogP contribution >= 0.6 is 23.2 Å². The zero-order chi connectivity index (χ0) is 30.8. The number of hydrogen-bond acceptors (Lipinski definition) is 8. The normalized spacial score (nSPS) is 12.1. The Hall–Kier alpha value is -5.39. The van der Waals surface area contributed by atoms with Crippen LogP contribution in [0.5, 0.6) is 5.75 Å².